The van der Waals surface area contributed by atoms with Crippen LogP contribution in [0.25, 0.3) is 0 Å². The third-order valence-electron chi connectivity index (χ3n) is 2.29. The van der Waals surface area contributed by atoms with Crippen LogP contribution in [0.15, 0.2) is 0 Å². The van der Waals surface area contributed by atoms with Gasteiger partial charge in [0, 0.05) is 0 Å². The Morgan fingerprint density at radius 2 is 1.20 bits per heavy atom. The molecule has 0 atom stereocenters. The van der Waals surface area contributed by atoms with Gasteiger partial charge in [-0.2, -0.15) is 0 Å². The first-order valence-corrected chi connectivity index (χ1v) is 3.78. The fraction of sp³-hybridized carbons (Fsp3) is 0.875. The lowest BCUT2D eigenvalue weighted by Gasteiger charge is -2.30. The van der Waals surface area contributed by atoms with Crippen molar-refractivity contribution in [2.75, 3.05) is 26.7 Å². The van der Waals surface area contributed by atoms with E-state index in [1.807, 2.05) is 0 Å². The lowest BCUT2D eigenvalue weighted by molar-refractivity contribution is -0.904. The van der Waals surface area contributed by atoms with Gasteiger partial charge in [-0.1, -0.05) is 0 Å². The van der Waals surface area contributed by atoms with E-state index in [0.717, 1.165) is 0 Å². The first kappa shape index (κ1) is 12.6. The van der Waals surface area contributed by atoms with Gasteiger partial charge in [-0.3, -0.25) is 0 Å². The maximum atomic E-state index is 9.25. The van der Waals surface area contributed by atoms with E-state index in [0.29, 0.717) is 0 Å². The number of nitrogens with zero attached hydrogens (tertiary/aromatic N) is 1. The van der Waals surface area contributed by atoms with Crippen molar-refractivity contribution in [3.8, 4) is 0 Å². The molecule has 10 heavy (non-hydrogen) atoms. The van der Waals surface area contributed by atoms with Gasteiger partial charge < -0.3 is 4.48 Å². The van der Waals surface area contributed by atoms with E-state index in [9.17, 15) is 4.39 Å². The van der Waals surface area contributed by atoms with Crippen LogP contribution in [0.5, 0.6) is 0 Å². The Labute approximate surface area is 64.4 Å². The van der Waals surface area contributed by atoms with Crippen LogP contribution in [0.3, 0.4) is 0 Å². The van der Waals surface area contributed by atoms with Crippen LogP contribution in [-0.2, 0) is 0 Å². The number of quaternary nitrogens is 1. The molecular weight excluding hydrogens is 129 g/mol. The highest BCUT2D eigenvalue weighted by atomic mass is 19.1. The monoisotopic (exact) mass is 149 g/mol. The van der Waals surface area contributed by atoms with Crippen molar-refractivity contribution in [3.63, 3.8) is 0 Å². The van der Waals surface area contributed by atoms with Gasteiger partial charge in [0.15, 0.2) is 0 Å². The molecule has 0 rings (SSSR count). The van der Waals surface area contributed by atoms with Crippen molar-refractivity contribution in [2.45, 2.75) is 20.8 Å². The quantitative estimate of drug-likeness (QED) is 0.540. The van der Waals surface area contributed by atoms with Crippen molar-refractivity contribution >= 4 is 0 Å². The Bertz CT molecular complexity index is 52.0. The fourth-order valence-corrected chi connectivity index (χ4v) is 0.671. The summed E-state index contributed by atoms with van der Waals surface area (Å²) >= 11 is 0. The second-order valence-corrected chi connectivity index (χ2v) is 2.57. The molecule has 0 bridgehead atoms. The maximum Gasteiger partial charge on any atom is 0.118 e. The van der Waals surface area contributed by atoms with Gasteiger partial charge in [0.1, 0.15) is 7.18 Å². The van der Waals surface area contributed by atoms with Gasteiger partial charge in [0.2, 0.25) is 0 Å². The van der Waals surface area contributed by atoms with Crippen molar-refractivity contribution < 1.29 is 8.87 Å². The van der Waals surface area contributed by atoms with Crippen molar-refractivity contribution in [1.82, 2.24) is 0 Å². The molecule has 0 spiro atoms. The predicted octanol–water partition coefficient (Wildman–Crippen LogP) is 2.24. The highest BCUT2D eigenvalue weighted by Crippen LogP contribution is 1.97. The van der Waals surface area contributed by atoms with Crippen LogP contribution in [0.4, 0.5) is 4.39 Å². The number of hydrogen-bond acceptors (Lipinski definition) is 0. The minimum Gasteiger partial charge on any atom is -0.327 e. The van der Waals surface area contributed by atoms with Crippen molar-refractivity contribution in [2.24, 2.45) is 0 Å². The largest absolute Gasteiger partial charge is 0.327 e. The third-order valence-corrected chi connectivity index (χ3v) is 2.29. The van der Waals surface area contributed by atoms with Gasteiger partial charge in [-0.25, -0.2) is 4.39 Å². The molecule has 1 radical (unpaired) electrons. The van der Waals surface area contributed by atoms with Crippen LogP contribution in [0, 0.1) is 7.18 Å². The molecule has 0 aromatic carbocycles. The van der Waals surface area contributed by atoms with Gasteiger partial charge in [0.25, 0.3) is 0 Å². The molecule has 0 fully saturated rings. The van der Waals surface area contributed by atoms with Crippen LogP contribution < -0.4 is 0 Å². The molecule has 0 N–H and O–H groups in total. The van der Waals surface area contributed by atoms with Gasteiger partial charge in [-0.05, 0) is 20.8 Å². The summed E-state index contributed by atoms with van der Waals surface area (Å²) in [7, 11) is 4.04. The summed E-state index contributed by atoms with van der Waals surface area (Å²) in [6, 6.07) is 0. The summed E-state index contributed by atoms with van der Waals surface area (Å²) in [6.45, 7) is 10.5. The summed E-state index contributed by atoms with van der Waals surface area (Å²) in [4.78, 5) is 0. The Morgan fingerprint density at radius 1 is 1.00 bits per heavy atom. The van der Waals surface area contributed by atoms with E-state index in [2.05, 4.69) is 27.8 Å². The summed E-state index contributed by atoms with van der Waals surface area (Å²) in [5.41, 5.74) is 0. The van der Waals surface area contributed by atoms with E-state index in [1.54, 1.807) is 7.18 Å². The van der Waals surface area contributed by atoms with Crippen molar-refractivity contribution in [3.05, 3.63) is 7.18 Å². The fourth-order valence-electron chi connectivity index (χ4n) is 0.671. The molecular formula is C8H20FN+. The Hall–Kier alpha value is -0.110. The lowest BCUT2D eigenvalue weighted by atomic mass is 10.4. The summed E-state index contributed by atoms with van der Waals surface area (Å²) in [6.07, 6.45) is 0. The molecule has 0 aliphatic heterocycles. The van der Waals surface area contributed by atoms with Gasteiger partial charge in [-0.15, -0.1) is 0 Å². The Kier molecular flexibility index (Phi) is 8.79. The normalized spacial score (nSPS) is 10.2. The Morgan fingerprint density at radius 3 is 1.20 bits per heavy atom. The van der Waals surface area contributed by atoms with E-state index >= 15 is 0 Å². The van der Waals surface area contributed by atoms with Crippen LogP contribution in [-0.4, -0.2) is 31.2 Å². The van der Waals surface area contributed by atoms with Crippen LogP contribution in [0.2, 0.25) is 0 Å². The van der Waals surface area contributed by atoms with Gasteiger partial charge >= 0.3 is 0 Å². The molecule has 0 saturated heterocycles. The lowest BCUT2D eigenvalue weighted by Crippen LogP contribution is -2.42. The first-order chi connectivity index (χ1) is 4.68. The highest BCUT2D eigenvalue weighted by Gasteiger charge is 2.10. The smallest absolute Gasteiger partial charge is 0.118 e. The number of halogens is 1. The molecule has 0 aromatic heterocycles. The number of hydrogen-bond donors (Lipinski definition) is 0. The molecule has 0 saturated carbocycles. The third kappa shape index (κ3) is 4.74. The zero-order valence-electron chi connectivity index (χ0n) is 7.65. The average Bonchev–Trinajstić information content (AvgIpc) is 2.07. The average molecular weight is 149 g/mol. The van der Waals surface area contributed by atoms with Crippen LogP contribution >= 0.6 is 0 Å². The minimum absolute atomic E-state index is 1.21. The SMILES string of the molecule is CC[N+](C)(CC)CC.[CH2]F. The van der Waals surface area contributed by atoms with Crippen molar-refractivity contribution in [1.29, 1.82) is 0 Å². The highest BCUT2D eigenvalue weighted by molar-refractivity contribution is 4.24. The van der Waals surface area contributed by atoms with E-state index in [1.165, 1.54) is 24.1 Å². The standard InChI is InChI=1S/C7H18N.CH2F/c1-5-8(4,6-2)7-3;1-2/h5-7H2,1-4H3;1H2/q+1;. The first-order valence-electron chi connectivity index (χ1n) is 3.78. The second kappa shape index (κ2) is 7.00. The zero-order chi connectivity index (χ0) is 8.62. The molecule has 0 unspecified atom stereocenters. The number of rotatable bonds is 3. The molecule has 0 aliphatic rings. The van der Waals surface area contributed by atoms with E-state index in [-0.39, 0.29) is 0 Å². The summed E-state index contributed by atoms with van der Waals surface area (Å²) < 4.78 is 10.5. The van der Waals surface area contributed by atoms with E-state index in [4.69, 9.17) is 0 Å². The summed E-state index contributed by atoms with van der Waals surface area (Å²) in [5, 5.41) is 0. The van der Waals surface area contributed by atoms with E-state index < -0.39 is 0 Å². The zero-order valence-corrected chi connectivity index (χ0v) is 7.65. The minimum atomic E-state index is 1.21. The maximum absolute atomic E-state index is 9.25. The second-order valence-electron chi connectivity index (χ2n) is 2.57. The molecule has 0 aliphatic carbocycles. The topological polar surface area (TPSA) is 0 Å². The molecule has 63 valence electrons. The van der Waals surface area contributed by atoms with Crippen LogP contribution in [0.1, 0.15) is 20.8 Å². The molecule has 0 amide bonds. The molecule has 2 heteroatoms. The predicted molar refractivity (Wildman–Crippen MR) is 44.3 cm³/mol. The van der Waals surface area contributed by atoms with Gasteiger partial charge in [0.05, 0.1) is 26.7 Å². The Balaban J connectivity index is 0. The summed E-state index contributed by atoms with van der Waals surface area (Å²) in [5.74, 6) is 0. The molecule has 1 nitrogen and oxygen atoms in total. The molecule has 0 aromatic rings. The molecule has 0 heterocycles.